The van der Waals surface area contributed by atoms with Crippen LogP contribution in [0, 0.1) is 6.92 Å². The van der Waals surface area contributed by atoms with Gasteiger partial charge < -0.3 is 9.64 Å². The number of methoxy groups -OCH3 is 1. The van der Waals surface area contributed by atoms with E-state index < -0.39 is 0 Å². The van der Waals surface area contributed by atoms with Gasteiger partial charge in [0.15, 0.2) is 0 Å². The zero-order valence-corrected chi connectivity index (χ0v) is 14.8. The van der Waals surface area contributed by atoms with E-state index in [0.717, 1.165) is 30.2 Å². The molecule has 0 aliphatic carbocycles. The molecule has 0 amide bonds. The van der Waals surface area contributed by atoms with Crippen LogP contribution >= 0.6 is 11.8 Å². The number of ether oxygens (including phenoxy) is 1. The lowest BCUT2D eigenvalue weighted by Gasteiger charge is -2.26. The highest BCUT2D eigenvalue weighted by molar-refractivity contribution is 7.99. The molecule has 1 aromatic carbocycles. The van der Waals surface area contributed by atoms with Gasteiger partial charge in [-0.25, -0.2) is 4.98 Å². The molecule has 0 bridgehead atoms. The number of carbonyl (C=O) groups excluding carboxylic acids is 1. The number of thioether (sulfide) groups is 1. The molecule has 1 unspecified atom stereocenters. The van der Waals surface area contributed by atoms with Gasteiger partial charge in [-0.1, -0.05) is 41.6 Å². The van der Waals surface area contributed by atoms with Gasteiger partial charge in [0.25, 0.3) is 0 Å². The summed E-state index contributed by atoms with van der Waals surface area (Å²) in [6.45, 7) is 3.09. The molecule has 2 aromatic rings. The Kier molecular flexibility index (Phi) is 5.35. The van der Waals surface area contributed by atoms with Crippen LogP contribution in [0.1, 0.15) is 30.0 Å². The van der Waals surface area contributed by atoms with Crippen LogP contribution in [0.5, 0.6) is 0 Å². The smallest absolute Gasteiger partial charge is 0.316 e. The Balaban J connectivity index is 1.78. The van der Waals surface area contributed by atoms with Gasteiger partial charge in [0, 0.05) is 6.54 Å². The highest BCUT2D eigenvalue weighted by Gasteiger charge is 2.27. The zero-order valence-electron chi connectivity index (χ0n) is 13.9. The number of anilines is 1. The molecule has 1 saturated heterocycles. The Bertz CT molecular complexity index is 723. The second-order valence-corrected chi connectivity index (χ2v) is 6.84. The minimum Gasteiger partial charge on any atom is -0.468 e. The molecule has 1 aliphatic heterocycles. The Hall–Kier alpha value is -2.08. The van der Waals surface area contributed by atoms with Crippen LogP contribution in [-0.2, 0) is 9.53 Å². The van der Waals surface area contributed by atoms with Crippen molar-refractivity contribution in [3.63, 3.8) is 0 Å². The summed E-state index contributed by atoms with van der Waals surface area (Å²) in [5.74, 6) is 0.857. The van der Waals surface area contributed by atoms with Crippen molar-refractivity contribution in [1.82, 2.24) is 9.97 Å². The van der Waals surface area contributed by atoms with Crippen LogP contribution in [0.4, 0.5) is 5.82 Å². The van der Waals surface area contributed by atoms with E-state index in [1.165, 1.54) is 30.0 Å². The lowest BCUT2D eigenvalue weighted by molar-refractivity contribution is -0.137. The lowest BCUT2D eigenvalue weighted by Crippen LogP contribution is -2.24. The van der Waals surface area contributed by atoms with E-state index in [4.69, 9.17) is 0 Å². The molecule has 6 heteroatoms. The predicted molar refractivity (Wildman–Crippen MR) is 95.3 cm³/mol. The summed E-state index contributed by atoms with van der Waals surface area (Å²) in [5.41, 5.74) is 2.59. The van der Waals surface area contributed by atoms with Gasteiger partial charge in [-0.15, -0.1) is 0 Å². The molecule has 0 saturated carbocycles. The van der Waals surface area contributed by atoms with Crippen LogP contribution in [-0.4, -0.2) is 35.3 Å². The Morgan fingerprint density at radius 1 is 1.42 bits per heavy atom. The van der Waals surface area contributed by atoms with Crippen LogP contribution in [0.15, 0.2) is 41.7 Å². The minimum absolute atomic E-state index is 0.246. The number of carbonyl (C=O) groups is 1. The molecule has 126 valence electrons. The topological polar surface area (TPSA) is 55.3 Å². The number of aromatic nitrogens is 2. The number of hydrogen-bond donors (Lipinski definition) is 0. The molecule has 1 aliphatic rings. The van der Waals surface area contributed by atoms with Crippen LogP contribution < -0.4 is 4.90 Å². The number of benzene rings is 1. The second-order valence-electron chi connectivity index (χ2n) is 5.85. The summed E-state index contributed by atoms with van der Waals surface area (Å²) in [7, 11) is 1.39. The van der Waals surface area contributed by atoms with Crippen molar-refractivity contribution < 1.29 is 9.53 Å². The van der Waals surface area contributed by atoms with E-state index in [-0.39, 0.29) is 11.7 Å². The molecule has 5 nitrogen and oxygen atoms in total. The third-order valence-corrected chi connectivity index (χ3v) is 5.01. The maximum atomic E-state index is 11.3. The van der Waals surface area contributed by atoms with E-state index >= 15 is 0 Å². The lowest BCUT2D eigenvalue weighted by atomic mass is 10.0. The maximum absolute atomic E-state index is 11.3. The highest BCUT2D eigenvalue weighted by Crippen LogP contribution is 2.35. The van der Waals surface area contributed by atoms with Gasteiger partial charge in [-0.2, -0.15) is 0 Å². The van der Waals surface area contributed by atoms with E-state index in [0.29, 0.717) is 6.04 Å². The van der Waals surface area contributed by atoms with Crippen molar-refractivity contribution in [3.05, 3.63) is 47.8 Å². The number of hydrogen-bond acceptors (Lipinski definition) is 6. The van der Waals surface area contributed by atoms with Crippen molar-refractivity contribution in [2.75, 3.05) is 24.3 Å². The Morgan fingerprint density at radius 2 is 2.29 bits per heavy atom. The SMILES string of the molecule is COC(=O)CSc1cncc(N2CCCC2c2cccc(C)c2)n1. The number of rotatable bonds is 5. The van der Waals surface area contributed by atoms with Crippen LogP contribution in [0.25, 0.3) is 0 Å². The fourth-order valence-corrected chi connectivity index (χ4v) is 3.68. The average molecular weight is 343 g/mol. The summed E-state index contributed by atoms with van der Waals surface area (Å²) in [4.78, 5) is 22.6. The van der Waals surface area contributed by atoms with E-state index in [1.54, 1.807) is 12.4 Å². The van der Waals surface area contributed by atoms with Crippen molar-refractivity contribution in [2.45, 2.75) is 30.8 Å². The maximum Gasteiger partial charge on any atom is 0.316 e. The van der Waals surface area contributed by atoms with Gasteiger partial charge in [0.05, 0.1) is 31.3 Å². The Morgan fingerprint density at radius 3 is 3.08 bits per heavy atom. The molecule has 1 atom stereocenters. The first-order valence-electron chi connectivity index (χ1n) is 8.02. The minimum atomic E-state index is -0.258. The largest absolute Gasteiger partial charge is 0.468 e. The summed E-state index contributed by atoms with van der Waals surface area (Å²) < 4.78 is 4.67. The highest BCUT2D eigenvalue weighted by atomic mass is 32.2. The first-order valence-corrected chi connectivity index (χ1v) is 9.01. The molecule has 2 heterocycles. The molecule has 0 spiro atoms. The van der Waals surface area contributed by atoms with Gasteiger partial charge in [0.1, 0.15) is 10.8 Å². The molecule has 1 aromatic heterocycles. The fraction of sp³-hybridized carbons (Fsp3) is 0.389. The molecule has 3 rings (SSSR count). The van der Waals surface area contributed by atoms with Crippen LogP contribution in [0.2, 0.25) is 0 Å². The van der Waals surface area contributed by atoms with Crippen molar-refractivity contribution in [2.24, 2.45) is 0 Å². The van der Waals surface area contributed by atoms with E-state index in [2.05, 4.69) is 50.8 Å². The molecule has 0 N–H and O–H groups in total. The molecule has 1 fully saturated rings. The third kappa shape index (κ3) is 3.87. The number of esters is 1. The fourth-order valence-electron chi connectivity index (χ4n) is 3.00. The van der Waals surface area contributed by atoms with Gasteiger partial charge in [-0.3, -0.25) is 9.78 Å². The zero-order chi connectivity index (χ0) is 16.9. The third-order valence-electron chi connectivity index (χ3n) is 4.14. The standard InChI is InChI=1S/C18H21N3O2S/c1-13-5-3-6-14(9-13)15-7-4-8-21(15)16-10-19-11-17(20-16)24-12-18(22)23-2/h3,5-6,9-11,15H,4,7-8,12H2,1-2H3. The summed E-state index contributed by atoms with van der Waals surface area (Å²) >= 11 is 1.35. The van der Waals surface area contributed by atoms with Crippen molar-refractivity contribution in [3.8, 4) is 0 Å². The summed E-state index contributed by atoms with van der Waals surface area (Å²) in [5, 5.41) is 0.743. The average Bonchev–Trinajstić information content (AvgIpc) is 3.09. The first-order chi connectivity index (χ1) is 11.7. The Labute approximate surface area is 146 Å². The van der Waals surface area contributed by atoms with E-state index in [9.17, 15) is 4.79 Å². The van der Waals surface area contributed by atoms with Gasteiger partial charge in [-0.05, 0) is 25.3 Å². The molecule has 0 radical (unpaired) electrons. The van der Waals surface area contributed by atoms with Crippen molar-refractivity contribution >= 4 is 23.5 Å². The quantitative estimate of drug-likeness (QED) is 0.613. The summed E-state index contributed by atoms with van der Waals surface area (Å²) in [6.07, 6.45) is 5.75. The predicted octanol–water partition coefficient (Wildman–Crippen LogP) is 3.39. The molecular formula is C18H21N3O2S. The molecular weight excluding hydrogens is 322 g/mol. The number of aryl methyl sites for hydroxylation is 1. The number of nitrogens with zero attached hydrogens (tertiary/aromatic N) is 3. The van der Waals surface area contributed by atoms with Gasteiger partial charge >= 0.3 is 5.97 Å². The van der Waals surface area contributed by atoms with E-state index in [1.807, 2.05) is 0 Å². The first kappa shape index (κ1) is 16.8. The molecule has 24 heavy (non-hydrogen) atoms. The van der Waals surface area contributed by atoms with Crippen LogP contribution in [0.3, 0.4) is 0 Å². The second kappa shape index (κ2) is 7.66. The monoisotopic (exact) mass is 343 g/mol. The summed E-state index contributed by atoms with van der Waals surface area (Å²) in [6, 6.07) is 8.98. The van der Waals surface area contributed by atoms with Gasteiger partial charge in [0.2, 0.25) is 0 Å². The normalized spacial score (nSPS) is 17.1. The van der Waals surface area contributed by atoms with Crippen molar-refractivity contribution in [1.29, 1.82) is 0 Å².